The van der Waals surface area contributed by atoms with Crippen molar-refractivity contribution in [1.29, 1.82) is 0 Å². The highest BCUT2D eigenvalue weighted by atomic mass is 32.1. The largest absolute Gasteiger partial charge is 0.247 e. The Hall–Kier alpha value is -5.71. The van der Waals surface area contributed by atoms with Crippen molar-refractivity contribution in [2.45, 2.75) is 0 Å². The summed E-state index contributed by atoms with van der Waals surface area (Å²) in [5, 5.41) is 4.63. The van der Waals surface area contributed by atoms with Gasteiger partial charge in [-0.25, -0.2) is 15.0 Å². The summed E-state index contributed by atoms with van der Waals surface area (Å²) in [5.74, 6) is 0.726. The number of thiophene rings is 1. The first-order valence-corrected chi connectivity index (χ1v) is 15.9. The first-order chi connectivity index (χ1) is 22.3. The zero-order valence-electron chi connectivity index (χ0n) is 24.2. The molecule has 0 saturated carbocycles. The highest BCUT2D eigenvalue weighted by molar-refractivity contribution is 7.26. The van der Waals surface area contributed by atoms with Crippen LogP contribution in [0.3, 0.4) is 0 Å². The van der Waals surface area contributed by atoms with E-state index >= 15 is 0 Å². The van der Waals surface area contributed by atoms with Crippen molar-refractivity contribution in [3.05, 3.63) is 152 Å². The van der Waals surface area contributed by atoms with Gasteiger partial charge >= 0.3 is 0 Å². The molecule has 0 spiro atoms. The van der Waals surface area contributed by atoms with E-state index in [-0.39, 0.29) is 0 Å². The molecular formula is C41H25N3S. The molecule has 4 heteroatoms. The maximum atomic E-state index is 5.36. The lowest BCUT2D eigenvalue weighted by atomic mass is 9.92. The fourth-order valence-electron chi connectivity index (χ4n) is 6.38. The van der Waals surface area contributed by atoms with Crippen LogP contribution < -0.4 is 0 Å². The highest BCUT2D eigenvalue weighted by Crippen LogP contribution is 2.42. The quantitative estimate of drug-likeness (QED) is 0.191. The SMILES string of the molecule is c1ccc(-c2nc(-c3ccc4c(c3)nc(-c3ccccc3)c3cccc(-c5ccccc5)c34)c3sc4ccccc4c3n2)cc1. The number of pyridine rings is 1. The Morgan fingerprint density at radius 2 is 1.09 bits per heavy atom. The summed E-state index contributed by atoms with van der Waals surface area (Å²) in [6.07, 6.45) is 0. The average molecular weight is 592 g/mol. The Bertz CT molecular complexity index is 2520. The molecule has 0 aliphatic carbocycles. The van der Waals surface area contributed by atoms with Gasteiger partial charge in [0, 0.05) is 42.9 Å². The summed E-state index contributed by atoms with van der Waals surface area (Å²) in [7, 11) is 0. The molecule has 0 aliphatic rings. The number of hydrogen-bond donors (Lipinski definition) is 0. The fraction of sp³-hybridized carbons (Fsp3) is 0. The Kier molecular flexibility index (Phi) is 6.00. The van der Waals surface area contributed by atoms with Crippen molar-refractivity contribution in [3.8, 4) is 45.0 Å². The van der Waals surface area contributed by atoms with Crippen molar-refractivity contribution in [2.24, 2.45) is 0 Å². The zero-order chi connectivity index (χ0) is 29.7. The third-order valence-electron chi connectivity index (χ3n) is 8.48. The number of rotatable bonds is 4. The van der Waals surface area contributed by atoms with Crippen molar-refractivity contribution in [1.82, 2.24) is 15.0 Å². The summed E-state index contributed by atoms with van der Waals surface area (Å²) < 4.78 is 2.29. The Labute approximate surface area is 264 Å². The lowest BCUT2D eigenvalue weighted by Crippen LogP contribution is -1.95. The Morgan fingerprint density at radius 3 is 1.87 bits per heavy atom. The topological polar surface area (TPSA) is 38.7 Å². The number of aromatic nitrogens is 3. The molecule has 3 heterocycles. The minimum absolute atomic E-state index is 0.726. The predicted octanol–water partition coefficient (Wildman–Crippen LogP) is 11.2. The second kappa shape index (κ2) is 10.5. The van der Waals surface area contributed by atoms with E-state index in [1.807, 2.05) is 18.2 Å². The van der Waals surface area contributed by atoms with E-state index in [9.17, 15) is 0 Å². The molecule has 0 unspecified atom stereocenters. The van der Waals surface area contributed by atoms with Crippen molar-refractivity contribution < 1.29 is 0 Å². The molecule has 0 aliphatic heterocycles. The molecule has 0 fully saturated rings. The van der Waals surface area contributed by atoms with Crippen LogP contribution in [0.2, 0.25) is 0 Å². The molecule has 0 radical (unpaired) electrons. The predicted molar refractivity (Wildman–Crippen MR) is 189 cm³/mol. The van der Waals surface area contributed by atoms with Gasteiger partial charge in [-0.3, -0.25) is 0 Å². The number of nitrogens with zero attached hydrogens (tertiary/aromatic N) is 3. The fourth-order valence-corrected chi connectivity index (χ4v) is 7.53. The Morgan fingerprint density at radius 1 is 0.422 bits per heavy atom. The number of hydrogen-bond acceptors (Lipinski definition) is 4. The maximum absolute atomic E-state index is 5.36. The minimum Gasteiger partial charge on any atom is -0.247 e. The molecular weight excluding hydrogens is 567 g/mol. The van der Waals surface area contributed by atoms with Gasteiger partial charge < -0.3 is 0 Å². The third-order valence-corrected chi connectivity index (χ3v) is 9.64. The summed E-state index contributed by atoms with van der Waals surface area (Å²) in [6, 6.07) is 53.1. The van der Waals surface area contributed by atoms with Gasteiger partial charge in [-0.05, 0) is 23.3 Å². The van der Waals surface area contributed by atoms with Crippen LogP contribution in [0.1, 0.15) is 0 Å². The van der Waals surface area contributed by atoms with E-state index in [1.54, 1.807) is 11.3 Å². The van der Waals surface area contributed by atoms with E-state index in [4.69, 9.17) is 15.0 Å². The first-order valence-electron chi connectivity index (χ1n) is 15.0. The molecule has 0 bridgehead atoms. The van der Waals surface area contributed by atoms with Crippen LogP contribution in [0.25, 0.3) is 87.0 Å². The van der Waals surface area contributed by atoms with Gasteiger partial charge in [0.05, 0.1) is 27.1 Å². The van der Waals surface area contributed by atoms with Gasteiger partial charge in [0.25, 0.3) is 0 Å². The van der Waals surface area contributed by atoms with E-state index in [0.29, 0.717) is 0 Å². The smallest absolute Gasteiger partial charge is 0.160 e. The van der Waals surface area contributed by atoms with Crippen molar-refractivity contribution in [3.63, 3.8) is 0 Å². The second-order valence-electron chi connectivity index (χ2n) is 11.2. The second-order valence-corrected chi connectivity index (χ2v) is 12.2. The normalized spacial score (nSPS) is 11.6. The summed E-state index contributed by atoms with van der Waals surface area (Å²) in [6.45, 7) is 0. The van der Waals surface area contributed by atoms with Crippen LogP contribution in [0.4, 0.5) is 0 Å². The lowest BCUT2D eigenvalue weighted by molar-refractivity contribution is 1.24. The van der Waals surface area contributed by atoms with Crippen LogP contribution in [0.5, 0.6) is 0 Å². The molecule has 0 N–H and O–H groups in total. The maximum Gasteiger partial charge on any atom is 0.160 e. The first kappa shape index (κ1) is 25.8. The molecule has 0 atom stereocenters. The minimum atomic E-state index is 0.726. The molecule has 0 saturated heterocycles. The summed E-state index contributed by atoms with van der Waals surface area (Å²) in [4.78, 5) is 15.7. The average Bonchev–Trinajstić information content (AvgIpc) is 3.50. The van der Waals surface area contributed by atoms with Gasteiger partial charge in [0.15, 0.2) is 5.82 Å². The molecule has 0 amide bonds. The molecule has 6 aromatic carbocycles. The van der Waals surface area contributed by atoms with Crippen LogP contribution in [0.15, 0.2) is 152 Å². The molecule has 45 heavy (non-hydrogen) atoms. The van der Waals surface area contributed by atoms with Crippen molar-refractivity contribution >= 4 is 53.3 Å². The summed E-state index contributed by atoms with van der Waals surface area (Å²) >= 11 is 1.75. The van der Waals surface area contributed by atoms with Gasteiger partial charge in [0.1, 0.15) is 0 Å². The van der Waals surface area contributed by atoms with Crippen molar-refractivity contribution in [2.75, 3.05) is 0 Å². The van der Waals surface area contributed by atoms with Gasteiger partial charge in [0.2, 0.25) is 0 Å². The van der Waals surface area contributed by atoms with Gasteiger partial charge in [-0.1, -0.05) is 140 Å². The van der Waals surface area contributed by atoms with Crippen LogP contribution in [0, 0.1) is 0 Å². The lowest BCUT2D eigenvalue weighted by Gasteiger charge is -2.15. The zero-order valence-corrected chi connectivity index (χ0v) is 25.0. The van der Waals surface area contributed by atoms with E-state index in [1.165, 1.54) is 21.2 Å². The number of benzene rings is 6. The highest BCUT2D eigenvalue weighted by Gasteiger charge is 2.19. The van der Waals surface area contributed by atoms with E-state index in [2.05, 4.69) is 133 Å². The molecule has 210 valence electrons. The van der Waals surface area contributed by atoms with Crippen LogP contribution >= 0.6 is 11.3 Å². The standard InChI is InChI=1S/C41H25N3S/c1-4-13-26(14-5-1)30-20-12-21-33-36(30)31-24-23-29(25-34(31)42-37(33)27-15-6-2-7-16-27)38-40-39(32-19-10-11-22-35(32)45-40)44-41(43-38)28-17-8-3-9-18-28/h1-25H. The summed E-state index contributed by atoms with van der Waals surface area (Å²) in [5.41, 5.74) is 9.36. The van der Waals surface area contributed by atoms with Crippen LogP contribution in [-0.2, 0) is 0 Å². The van der Waals surface area contributed by atoms with E-state index in [0.717, 1.165) is 65.8 Å². The molecule has 3 aromatic heterocycles. The Balaban J connectivity index is 1.36. The van der Waals surface area contributed by atoms with E-state index < -0.39 is 0 Å². The molecule has 9 rings (SSSR count). The monoisotopic (exact) mass is 591 g/mol. The van der Waals surface area contributed by atoms with Gasteiger partial charge in [-0.15, -0.1) is 11.3 Å². The van der Waals surface area contributed by atoms with Gasteiger partial charge in [-0.2, -0.15) is 0 Å². The van der Waals surface area contributed by atoms with Crippen LogP contribution in [-0.4, -0.2) is 15.0 Å². The number of fused-ring (bicyclic) bond motifs is 6. The molecule has 3 nitrogen and oxygen atoms in total. The molecule has 9 aromatic rings. The third kappa shape index (κ3) is 4.30.